The van der Waals surface area contributed by atoms with Crippen molar-refractivity contribution in [3.63, 3.8) is 0 Å². The molecule has 0 saturated carbocycles. The van der Waals surface area contributed by atoms with Gasteiger partial charge in [-0.05, 0) is 66.9 Å². The molecule has 63 heavy (non-hydrogen) atoms. The van der Waals surface area contributed by atoms with Crippen molar-refractivity contribution in [1.29, 1.82) is 0 Å². The lowest BCUT2D eigenvalue weighted by molar-refractivity contribution is 0.277. The molecule has 0 spiro atoms. The van der Waals surface area contributed by atoms with E-state index in [0.717, 1.165) is 35.0 Å². The number of hydrogen-bond acceptors (Lipinski definition) is 14. The van der Waals surface area contributed by atoms with Crippen molar-refractivity contribution in [3.05, 3.63) is 139 Å². The summed E-state index contributed by atoms with van der Waals surface area (Å²) >= 11 is 6.37. The number of halogens is 3. The van der Waals surface area contributed by atoms with E-state index in [1.165, 1.54) is 68.5 Å². The number of fused-ring (bicyclic) bond motifs is 2. The molecule has 0 aliphatic heterocycles. The second-order valence-corrected chi connectivity index (χ2v) is 17.2. The quantitative estimate of drug-likeness (QED) is 0.145. The van der Waals surface area contributed by atoms with E-state index < -0.39 is 34.1 Å². The molecule has 6 aromatic heterocycles. The van der Waals surface area contributed by atoms with Crippen LogP contribution in [0.3, 0.4) is 0 Å². The number of aliphatic hydroxyl groups is 2. The minimum atomic E-state index is -0.544. The van der Waals surface area contributed by atoms with Gasteiger partial charge in [-0.1, -0.05) is 12.1 Å². The molecular formula is C40H41BrF2N10O8S2. The number of hydrogen-bond donors (Lipinski definition) is 3. The Balaban J connectivity index is 0.000000182. The summed E-state index contributed by atoms with van der Waals surface area (Å²) in [7, 11) is 3.09. The zero-order valence-electron chi connectivity index (χ0n) is 34.2. The third-order valence-corrected chi connectivity index (χ3v) is 11.6. The van der Waals surface area contributed by atoms with Crippen molar-refractivity contribution >= 4 is 60.9 Å². The molecule has 0 radical (unpaired) electrons. The number of aryl methyl sites for hydroxylation is 4. The van der Waals surface area contributed by atoms with E-state index in [2.05, 4.69) is 35.9 Å². The van der Waals surface area contributed by atoms with Crippen LogP contribution in [-0.4, -0.2) is 75.9 Å². The van der Waals surface area contributed by atoms with Crippen molar-refractivity contribution in [2.24, 2.45) is 14.1 Å². The molecule has 0 unspecified atom stereocenters. The Kier molecular flexibility index (Phi) is 15.0. The average Bonchev–Trinajstić information content (AvgIpc) is 4.03. The zero-order valence-corrected chi connectivity index (χ0v) is 37.5. The average molecular weight is 972 g/mol. The molecule has 0 amide bonds. The number of benzene rings is 2. The van der Waals surface area contributed by atoms with Gasteiger partial charge in [0.1, 0.15) is 33.1 Å². The number of phenols is 1. The van der Waals surface area contributed by atoms with Crippen LogP contribution in [0.25, 0.3) is 22.3 Å². The SMILES string of the molecule is Cc1cnc(Cn2c(Br)nc3c2c(=O)n(CCCO)c(=O)n3C)s1.Cc1cnc(Cn2c(Oc3cccc(F)c3)nc3c2c(=O)n(CCCO)c(=O)n3C)s1.Oc1cccc(F)c1. The summed E-state index contributed by atoms with van der Waals surface area (Å²) in [5, 5.41) is 28.3. The molecule has 0 aliphatic carbocycles. The third-order valence-electron chi connectivity index (χ3n) is 9.20. The molecule has 332 valence electrons. The van der Waals surface area contributed by atoms with Crippen molar-refractivity contribution in [1.82, 2.24) is 47.3 Å². The van der Waals surface area contributed by atoms with E-state index in [4.69, 9.17) is 20.1 Å². The highest BCUT2D eigenvalue weighted by atomic mass is 79.9. The topological polar surface area (TPSA) is 219 Å². The largest absolute Gasteiger partial charge is 0.508 e. The molecule has 0 atom stereocenters. The molecule has 6 heterocycles. The second-order valence-electron chi connectivity index (χ2n) is 13.8. The monoisotopic (exact) mass is 970 g/mol. The van der Waals surface area contributed by atoms with E-state index in [1.807, 2.05) is 13.8 Å². The van der Waals surface area contributed by atoms with Gasteiger partial charge in [0, 0.05) is 74.7 Å². The number of rotatable bonds is 12. The maximum absolute atomic E-state index is 13.6. The molecule has 0 saturated heterocycles. The first-order valence-corrected chi connectivity index (χ1v) is 21.5. The standard InChI is InChI=1S/C20H20FN5O4S.C14H16BrN5O3S.C6H5FO/c1-12-10-22-15(31-12)11-26-16-17(23-19(26)30-14-6-3-5-13(21)9-14)24(2)20(29)25(18(16)28)7-4-8-27;1-8-6-16-9(24-8)7-20-10-11(17-13(20)15)18(2)14(23)19(12(10)22)4-3-5-21;7-5-2-1-3-6(8)4-5/h3,5-6,9-10,27H,4,7-8,11H2,1-2H3;6,21H,3-5,7H2,1-2H3;1-4,8H. The normalized spacial score (nSPS) is 11.1. The number of imidazole rings is 2. The summed E-state index contributed by atoms with van der Waals surface area (Å²) in [6, 6.07) is 10.8. The maximum Gasteiger partial charge on any atom is 0.332 e. The minimum absolute atomic E-state index is 0.0370. The fourth-order valence-corrected chi connectivity index (χ4v) is 8.27. The Bertz CT molecular complexity index is 3130. The fourth-order valence-electron chi connectivity index (χ4n) is 6.25. The summed E-state index contributed by atoms with van der Waals surface area (Å²) in [6.45, 7) is 4.46. The van der Waals surface area contributed by atoms with Gasteiger partial charge in [0.15, 0.2) is 27.1 Å². The molecule has 8 rings (SSSR count). The van der Waals surface area contributed by atoms with Crippen molar-refractivity contribution in [2.75, 3.05) is 13.2 Å². The van der Waals surface area contributed by atoms with Crippen molar-refractivity contribution in [2.45, 2.75) is 52.9 Å². The summed E-state index contributed by atoms with van der Waals surface area (Å²) in [5.74, 6) is -0.720. The molecule has 0 aliphatic rings. The van der Waals surface area contributed by atoms with Gasteiger partial charge < -0.3 is 24.6 Å². The highest BCUT2D eigenvalue weighted by molar-refractivity contribution is 9.10. The predicted octanol–water partition coefficient (Wildman–Crippen LogP) is 4.41. The summed E-state index contributed by atoms with van der Waals surface area (Å²) < 4.78 is 40.0. The number of aromatic nitrogens is 10. The van der Waals surface area contributed by atoms with Crippen molar-refractivity contribution in [3.8, 4) is 17.5 Å². The van der Waals surface area contributed by atoms with Crippen LogP contribution < -0.4 is 27.2 Å². The van der Waals surface area contributed by atoms with E-state index in [-0.39, 0.29) is 67.9 Å². The lowest BCUT2D eigenvalue weighted by atomic mass is 10.3. The molecule has 8 aromatic rings. The van der Waals surface area contributed by atoms with Gasteiger partial charge in [0.2, 0.25) is 0 Å². The Morgan fingerprint density at radius 1 is 0.698 bits per heavy atom. The first-order chi connectivity index (χ1) is 30.1. The smallest absolute Gasteiger partial charge is 0.332 e. The molecule has 18 nitrogen and oxygen atoms in total. The molecule has 0 fully saturated rings. The predicted molar refractivity (Wildman–Crippen MR) is 236 cm³/mol. The van der Waals surface area contributed by atoms with Crippen LogP contribution in [0.4, 0.5) is 8.78 Å². The highest BCUT2D eigenvalue weighted by Crippen LogP contribution is 2.27. The third kappa shape index (κ3) is 10.6. The van der Waals surface area contributed by atoms with E-state index in [0.29, 0.717) is 28.9 Å². The Hall–Kier alpha value is -6.14. The second kappa shape index (κ2) is 20.4. The lowest BCUT2D eigenvalue weighted by Crippen LogP contribution is -2.39. The number of aliphatic hydroxyl groups excluding tert-OH is 2. The first-order valence-electron chi connectivity index (χ1n) is 19.1. The Morgan fingerprint density at radius 2 is 1.19 bits per heavy atom. The lowest BCUT2D eigenvalue weighted by Gasteiger charge is -2.10. The Labute approximate surface area is 372 Å². The molecule has 0 bridgehead atoms. The van der Waals surface area contributed by atoms with Crippen LogP contribution in [-0.2, 0) is 40.3 Å². The van der Waals surface area contributed by atoms with Crippen LogP contribution in [0.2, 0.25) is 0 Å². The fraction of sp³-hybridized carbons (Fsp3) is 0.300. The van der Waals surface area contributed by atoms with Gasteiger partial charge in [-0.2, -0.15) is 4.98 Å². The summed E-state index contributed by atoms with van der Waals surface area (Å²) in [6.07, 6.45) is 4.10. The molecular weight excluding hydrogens is 931 g/mol. The van der Waals surface area contributed by atoms with Gasteiger partial charge >= 0.3 is 17.4 Å². The summed E-state index contributed by atoms with van der Waals surface area (Å²) in [5.41, 5.74) is -0.954. The van der Waals surface area contributed by atoms with Gasteiger partial charge in [0.05, 0.1) is 13.1 Å². The van der Waals surface area contributed by atoms with E-state index in [9.17, 15) is 28.0 Å². The first kappa shape index (κ1) is 46.4. The molecule has 23 heteroatoms. The number of ether oxygens (including phenoxy) is 1. The van der Waals surface area contributed by atoms with Crippen LogP contribution in [0.5, 0.6) is 17.5 Å². The maximum atomic E-state index is 13.6. The Morgan fingerprint density at radius 3 is 1.65 bits per heavy atom. The highest BCUT2D eigenvalue weighted by Gasteiger charge is 2.23. The van der Waals surface area contributed by atoms with Gasteiger partial charge in [-0.3, -0.25) is 32.4 Å². The van der Waals surface area contributed by atoms with Crippen LogP contribution in [0.15, 0.2) is 84.8 Å². The molecule has 3 N–H and O–H groups in total. The van der Waals surface area contributed by atoms with Crippen molar-refractivity contribution < 1.29 is 28.8 Å². The van der Waals surface area contributed by atoms with Crippen LogP contribution in [0, 0.1) is 25.5 Å². The van der Waals surface area contributed by atoms with E-state index in [1.54, 1.807) is 41.4 Å². The van der Waals surface area contributed by atoms with Crippen LogP contribution in [0.1, 0.15) is 32.6 Å². The van der Waals surface area contributed by atoms with Gasteiger partial charge in [-0.25, -0.2) is 33.3 Å². The van der Waals surface area contributed by atoms with Crippen LogP contribution >= 0.6 is 38.6 Å². The van der Waals surface area contributed by atoms with Gasteiger partial charge in [-0.15, -0.1) is 22.7 Å². The molecule has 2 aromatic carbocycles. The number of nitrogens with zero attached hydrogens (tertiary/aromatic N) is 10. The zero-order chi connectivity index (χ0) is 45.5. The number of phenolic OH excluding ortho intramolecular Hbond substituents is 1. The number of thiazole rings is 2. The van der Waals surface area contributed by atoms with Gasteiger partial charge in [0.25, 0.3) is 11.1 Å². The minimum Gasteiger partial charge on any atom is -0.508 e. The summed E-state index contributed by atoms with van der Waals surface area (Å²) in [4.78, 5) is 70.5. The van der Waals surface area contributed by atoms with E-state index >= 15 is 0 Å². The number of aromatic hydroxyl groups is 1.